The predicted octanol–water partition coefficient (Wildman–Crippen LogP) is 3.34. The molecule has 0 spiro atoms. The van der Waals surface area contributed by atoms with Gasteiger partial charge in [-0.3, -0.25) is 4.98 Å². The maximum atomic E-state index is 12.7. The molecule has 0 bridgehead atoms. The highest BCUT2D eigenvalue weighted by molar-refractivity contribution is 7.80. The lowest BCUT2D eigenvalue weighted by Crippen LogP contribution is -2.05. The molecule has 3 aromatic rings. The summed E-state index contributed by atoms with van der Waals surface area (Å²) in [7, 11) is 1.69. The quantitative estimate of drug-likeness (QED) is 0.701. The Morgan fingerprint density at radius 3 is 2.67 bits per heavy atom. The molecule has 3 aromatic heterocycles. The second-order valence-corrected chi connectivity index (χ2v) is 4.93. The van der Waals surface area contributed by atoms with E-state index in [4.69, 9.17) is 0 Å². The van der Waals surface area contributed by atoms with Gasteiger partial charge in [-0.05, 0) is 12.1 Å². The summed E-state index contributed by atoms with van der Waals surface area (Å²) >= 11 is 4.29. The van der Waals surface area contributed by atoms with Crippen molar-refractivity contribution in [3.63, 3.8) is 0 Å². The van der Waals surface area contributed by atoms with Crippen molar-refractivity contribution >= 4 is 23.8 Å². The van der Waals surface area contributed by atoms with Crippen molar-refractivity contribution in [2.45, 2.75) is 11.1 Å². The molecule has 0 aliphatic carbocycles. The third-order valence-electron chi connectivity index (χ3n) is 3.08. The van der Waals surface area contributed by atoms with Crippen LogP contribution in [0.4, 0.5) is 13.2 Å². The minimum atomic E-state index is -4.44. The van der Waals surface area contributed by atoms with E-state index in [0.717, 1.165) is 12.3 Å². The van der Waals surface area contributed by atoms with E-state index in [1.807, 2.05) is 0 Å². The number of imidazole rings is 1. The summed E-state index contributed by atoms with van der Waals surface area (Å²) < 4.78 is 39.8. The van der Waals surface area contributed by atoms with Gasteiger partial charge < -0.3 is 4.57 Å². The Kier molecular flexibility index (Phi) is 3.12. The number of aryl methyl sites for hydroxylation is 1. The van der Waals surface area contributed by atoms with Crippen molar-refractivity contribution in [2.75, 3.05) is 0 Å². The van der Waals surface area contributed by atoms with Gasteiger partial charge in [0.25, 0.3) is 0 Å². The molecule has 0 aliphatic heterocycles. The Balaban J connectivity index is 2.23. The number of hydrogen-bond acceptors (Lipinski definition) is 4. The third kappa shape index (κ3) is 2.35. The molecular weight excluding hydrogens is 301 g/mol. The normalized spacial score (nSPS) is 12.0. The molecular formula is C13H9F3N4S. The highest BCUT2D eigenvalue weighted by Crippen LogP contribution is 2.32. The van der Waals surface area contributed by atoms with Gasteiger partial charge in [-0.15, -0.1) is 12.6 Å². The zero-order valence-corrected chi connectivity index (χ0v) is 11.7. The lowest BCUT2D eigenvalue weighted by Gasteiger charge is -2.05. The fraction of sp³-hybridized carbons (Fsp3) is 0.154. The molecule has 3 heterocycles. The molecule has 108 valence electrons. The first-order valence-corrected chi connectivity index (χ1v) is 6.35. The average molecular weight is 310 g/mol. The van der Waals surface area contributed by atoms with Gasteiger partial charge in [-0.2, -0.15) is 13.2 Å². The predicted molar refractivity (Wildman–Crippen MR) is 74.0 cm³/mol. The van der Waals surface area contributed by atoms with Crippen LogP contribution in [0, 0.1) is 0 Å². The van der Waals surface area contributed by atoms with Crippen LogP contribution in [0.2, 0.25) is 0 Å². The molecule has 0 N–H and O–H groups in total. The Morgan fingerprint density at radius 1 is 1.24 bits per heavy atom. The number of aromatic nitrogens is 4. The molecule has 21 heavy (non-hydrogen) atoms. The number of thiol groups is 1. The maximum absolute atomic E-state index is 12.7. The van der Waals surface area contributed by atoms with E-state index in [9.17, 15) is 13.2 Å². The summed E-state index contributed by atoms with van der Waals surface area (Å²) in [6, 6.07) is 2.69. The first kappa shape index (κ1) is 13.9. The van der Waals surface area contributed by atoms with Gasteiger partial charge in [0.05, 0.1) is 5.56 Å². The van der Waals surface area contributed by atoms with Gasteiger partial charge in [0, 0.05) is 36.1 Å². The molecule has 8 heteroatoms. The Morgan fingerprint density at radius 2 is 2.00 bits per heavy atom. The van der Waals surface area contributed by atoms with E-state index >= 15 is 0 Å². The van der Waals surface area contributed by atoms with Crippen molar-refractivity contribution in [3.8, 4) is 11.4 Å². The van der Waals surface area contributed by atoms with Gasteiger partial charge in [-0.1, -0.05) is 0 Å². The minimum Gasteiger partial charge on any atom is -0.312 e. The summed E-state index contributed by atoms with van der Waals surface area (Å²) in [4.78, 5) is 12.6. The molecule has 0 fully saturated rings. The number of hydrogen-bond donors (Lipinski definition) is 1. The molecule has 0 atom stereocenters. The summed E-state index contributed by atoms with van der Waals surface area (Å²) in [6.45, 7) is 0. The van der Waals surface area contributed by atoms with Crippen LogP contribution in [0.5, 0.6) is 0 Å². The van der Waals surface area contributed by atoms with Crippen LogP contribution in [0.15, 0.2) is 35.6 Å². The van der Waals surface area contributed by atoms with Gasteiger partial charge in [0.2, 0.25) is 0 Å². The first-order chi connectivity index (χ1) is 9.88. The average Bonchev–Trinajstić information content (AvgIpc) is 2.75. The molecule has 0 saturated carbocycles. The van der Waals surface area contributed by atoms with E-state index < -0.39 is 11.7 Å². The van der Waals surface area contributed by atoms with Crippen LogP contribution in [0.3, 0.4) is 0 Å². The van der Waals surface area contributed by atoms with Crippen molar-refractivity contribution < 1.29 is 13.2 Å². The number of rotatable bonds is 1. The Bertz CT molecular complexity index is 826. The molecule has 0 saturated heterocycles. The molecule has 4 nitrogen and oxygen atoms in total. The van der Waals surface area contributed by atoms with Crippen LogP contribution in [-0.4, -0.2) is 19.5 Å². The molecule has 0 radical (unpaired) electrons. The van der Waals surface area contributed by atoms with E-state index in [-0.39, 0.29) is 5.52 Å². The van der Waals surface area contributed by atoms with E-state index in [0.29, 0.717) is 21.9 Å². The van der Waals surface area contributed by atoms with Crippen molar-refractivity contribution in [1.29, 1.82) is 0 Å². The fourth-order valence-electron chi connectivity index (χ4n) is 2.05. The molecule has 3 rings (SSSR count). The number of fused-ring (bicyclic) bond motifs is 1. The highest BCUT2D eigenvalue weighted by atomic mass is 32.1. The van der Waals surface area contributed by atoms with Crippen LogP contribution < -0.4 is 0 Å². The second kappa shape index (κ2) is 4.73. The van der Waals surface area contributed by atoms with Crippen molar-refractivity contribution in [3.05, 3.63) is 36.3 Å². The molecule has 0 aromatic carbocycles. The van der Waals surface area contributed by atoms with Crippen molar-refractivity contribution in [1.82, 2.24) is 19.5 Å². The highest BCUT2D eigenvalue weighted by Gasteiger charge is 2.31. The Hall–Kier alpha value is -2.09. The topological polar surface area (TPSA) is 43.6 Å². The number of pyridine rings is 2. The minimum absolute atomic E-state index is 0.187. The lowest BCUT2D eigenvalue weighted by molar-refractivity contribution is -0.137. The first-order valence-electron chi connectivity index (χ1n) is 5.91. The summed E-state index contributed by atoms with van der Waals surface area (Å²) in [5.74, 6) is 0.490. The van der Waals surface area contributed by atoms with Gasteiger partial charge in [-0.25, -0.2) is 9.97 Å². The second-order valence-electron chi connectivity index (χ2n) is 4.45. The van der Waals surface area contributed by atoms with Gasteiger partial charge in [0.15, 0.2) is 5.65 Å². The van der Waals surface area contributed by atoms with Gasteiger partial charge in [0.1, 0.15) is 11.3 Å². The zero-order valence-electron chi connectivity index (χ0n) is 10.8. The monoisotopic (exact) mass is 310 g/mol. The van der Waals surface area contributed by atoms with E-state index in [2.05, 4.69) is 27.6 Å². The fourth-order valence-corrected chi connectivity index (χ4v) is 2.29. The largest absolute Gasteiger partial charge is 0.417 e. The summed E-state index contributed by atoms with van der Waals surface area (Å²) in [5, 5.41) is 0. The summed E-state index contributed by atoms with van der Waals surface area (Å²) in [6.07, 6.45) is -0.512. The number of halogens is 3. The van der Waals surface area contributed by atoms with Crippen LogP contribution >= 0.6 is 12.6 Å². The van der Waals surface area contributed by atoms with Crippen LogP contribution in [0.1, 0.15) is 5.56 Å². The van der Waals surface area contributed by atoms with Crippen molar-refractivity contribution in [2.24, 2.45) is 7.05 Å². The van der Waals surface area contributed by atoms with E-state index in [1.165, 1.54) is 0 Å². The maximum Gasteiger partial charge on any atom is 0.417 e. The molecule has 0 aliphatic rings. The standard InChI is InChI=1S/C13H9F3N4S/c1-20-11(8-2-3-17-6-10(8)21)19-9-4-7(13(14,15)16)5-18-12(9)20/h2-6,21H,1H3. The lowest BCUT2D eigenvalue weighted by atomic mass is 10.2. The Labute approximate surface area is 123 Å². The van der Waals surface area contributed by atoms with Crippen LogP contribution in [0.25, 0.3) is 22.6 Å². The SMILES string of the molecule is Cn1c(-c2ccncc2S)nc2cc(C(F)(F)F)cnc21. The number of alkyl halides is 3. The summed E-state index contributed by atoms with van der Waals surface area (Å²) in [5.41, 5.74) is 0.428. The molecule has 0 amide bonds. The van der Waals surface area contributed by atoms with Gasteiger partial charge >= 0.3 is 6.18 Å². The molecule has 0 unspecified atom stereocenters. The smallest absolute Gasteiger partial charge is 0.312 e. The zero-order chi connectivity index (χ0) is 15.2. The number of nitrogens with zero attached hydrogens (tertiary/aromatic N) is 4. The van der Waals surface area contributed by atoms with Crippen LogP contribution in [-0.2, 0) is 13.2 Å². The van der Waals surface area contributed by atoms with E-state index in [1.54, 1.807) is 30.1 Å². The third-order valence-corrected chi connectivity index (χ3v) is 3.43.